The molecule has 0 saturated carbocycles. The number of carbonyl (C=O) groups is 1. The number of nitrogens with zero attached hydrogens (tertiary/aromatic N) is 2. The average molecular weight is 260 g/mol. The molecule has 0 radical (unpaired) electrons. The van der Waals surface area contributed by atoms with E-state index >= 15 is 0 Å². The lowest BCUT2D eigenvalue weighted by Crippen LogP contribution is -2.45. The minimum Gasteiger partial charge on any atom is -0.343 e. The lowest BCUT2D eigenvalue weighted by atomic mass is 9.99. The molecule has 1 unspecified atom stereocenters. The summed E-state index contributed by atoms with van der Waals surface area (Å²) in [6.07, 6.45) is 2.15. The monoisotopic (exact) mass is 260 g/mol. The molecule has 0 aromatic heterocycles. The molecule has 1 atom stereocenters. The van der Waals surface area contributed by atoms with E-state index in [2.05, 4.69) is 42.2 Å². The van der Waals surface area contributed by atoms with E-state index in [0.717, 1.165) is 25.9 Å². The van der Waals surface area contributed by atoms with Gasteiger partial charge < -0.3 is 4.90 Å². The Kier molecular flexibility index (Phi) is 4.59. The van der Waals surface area contributed by atoms with Gasteiger partial charge in [-0.05, 0) is 25.3 Å². The first-order chi connectivity index (χ1) is 9.09. The van der Waals surface area contributed by atoms with Crippen LogP contribution in [0.3, 0.4) is 0 Å². The molecule has 1 amide bonds. The van der Waals surface area contributed by atoms with Gasteiger partial charge in [0.25, 0.3) is 0 Å². The van der Waals surface area contributed by atoms with Gasteiger partial charge in [0.2, 0.25) is 5.91 Å². The molecule has 1 aromatic rings. The quantitative estimate of drug-likeness (QED) is 0.834. The molecular weight excluding hydrogens is 236 g/mol. The molecule has 0 N–H and O–H groups in total. The maximum absolute atomic E-state index is 11.4. The number of piperidine rings is 1. The maximum Gasteiger partial charge on any atom is 0.219 e. The highest BCUT2D eigenvalue weighted by molar-refractivity contribution is 5.73. The van der Waals surface area contributed by atoms with E-state index < -0.39 is 0 Å². The summed E-state index contributed by atoms with van der Waals surface area (Å²) < 4.78 is 0. The zero-order valence-electron chi connectivity index (χ0n) is 12.2. The van der Waals surface area contributed by atoms with Crippen molar-refractivity contribution in [3.8, 4) is 0 Å². The average Bonchev–Trinajstić information content (AvgIpc) is 2.46. The Labute approximate surface area is 116 Å². The van der Waals surface area contributed by atoms with Crippen molar-refractivity contribution in [2.75, 3.05) is 20.1 Å². The molecule has 3 heteroatoms. The highest BCUT2D eigenvalue weighted by Gasteiger charge is 2.26. The van der Waals surface area contributed by atoms with Gasteiger partial charge in [0.15, 0.2) is 0 Å². The zero-order chi connectivity index (χ0) is 13.8. The van der Waals surface area contributed by atoms with Gasteiger partial charge in [0.1, 0.15) is 0 Å². The van der Waals surface area contributed by atoms with E-state index in [0.29, 0.717) is 12.1 Å². The van der Waals surface area contributed by atoms with Crippen LogP contribution in [0.15, 0.2) is 30.3 Å². The molecule has 3 nitrogen and oxygen atoms in total. The number of hydrogen-bond acceptors (Lipinski definition) is 2. The summed E-state index contributed by atoms with van der Waals surface area (Å²) in [5, 5.41) is 0. The van der Waals surface area contributed by atoms with Crippen molar-refractivity contribution < 1.29 is 4.79 Å². The van der Waals surface area contributed by atoms with Crippen molar-refractivity contribution in [3.63, 3.8) is 0 Å². The maximum atomic E-state index is 11.4. The number of rotatable bonds is 3. The predicted octanol–water partition coefficient (Wildman–Crippen LogP) is 2.69. The number of benzene rings is 1. The van der Waals surface area contributed by atoms with Crippen molar-refractivity contribution in [2.24, 2.45) is 0 Å². The van der Waals surface area contributed by atoms with Crippen molar-refractivity contribution in [2.45, 2.75) is 38.8 Å². The van der Waals surface area contributed by atoms with Gasteiger partial charge in [-0.3, -0.25) is 9.69 Å². The lowest BCUT2D eigenvalue weighted by molar-refractivity contribution is -0.130. The molecule has 1 aliphatic heterocycles. The molecule has 2 rings (SSSR count). The van der Waals surface area contributed by atoms with Crippen molar-refractivity contribution in [1.29, 1.82) is 0 Å². The van der Waals surface area contributed by atoms with Crippen LogP contribution in [0.25, 0.3) is 0 Å². The van der Waals surface area contributed by atoms with E-state index in [1.807, 2.05) is 11.9 Å². The van der Waals surface area contributed by atoms with Crippen molar-refractivity contribution in [1.82, 2.24) is 9.80 Å². The molecule has 1 aromatic carbocycles. The number of hydrogen-bond donors (Lipinski definition) is 0. The second-order valence-electron chi connectivity index (χ2n) is 5.48. The first-order valence-corrected chi connectivity index (χ1v) is 7.12. The van der Waals surface area contributed by atoms with E-state index in [4.69, 9.17) is 0 Å². The Balaban J connectivity index is 1.91. The second-order valence-corrected chi connectivity index (χ2v) is 5.48. The van der Waals surface area contributed by atoms with Gasteiger partial charge in [-0.2, -0.15) is 0 Å². The Bertz CT molecular complexity index is 410. The molecule has 0 spiro atoms. The standard InChI is InChI=1S/C16H24N2O/c1-13(15-7-5-4-6-8-15)18-11-9-16(10-12-18)17(3)14(2)19/h4-8,13,16H,9-12H2,1-3H3. The molecule has 1 fully saturated rings. The van der Waals surface area contributed by atoms with Gasteiger partial charge in [-0.15, -0.1) is 0 Å². The van der Waals surface area contributed by atoms with Crippen LogP contribution in [0.5, 0.6) is 0 Å². The highest BCUT2D eigenvalue weighted by atomic mass is 16.2. The molecule has 19 heavy (non-hydrogen) atoms. The Morgan fingerprint density at radius 1 is 1.26 bits per heavy atom. The van der Waals surface area contributed by atoms with E-state index in [1.165, 1.54) is 5.56 Å². The van der Waals surface area contributed by atoms with Crippen LogP contribution >= 0.6 is 0 Å². The van der Waals surface area contributed by atoms with Crippen molar-refractivity contribution >= 4 is 5.91 Å². The molecule has 1 aliphatic rings. The van der Waals surface area contributed by atoms with E-state index in [9.17, 15) is 4.79 Å². The molecule has 1 heterocycles. The fourth-order valence-electron chi connectivity index (χ4n) is 2.86. The SMILES string of the molecule is CC(=O)N(C)C1CCN(C(C)c2ccccc2)CC1. The van der Waals surface area contributed by atoms with Crippen LogP contribution in [0, 0.1) is 0 Å². The third-order valence-electron chi connectivity index (χ3n) is 4.37. The molecule has 104 valence electrons. The van der Waals surface area contributed by atoms with Gasteiger partial charge in [0.05, 0.1) is 0 Å². The molecule has 0 aliphatic carbocycles. The molecular formula is C16H24N2O. The summed E-state index contributed by atoms with van der Waals surface area (Å²) in [6, 6.07) is 11.5. The third-order valence-corrected chi connectivity index (χ3v) is 4.37. The van der Waals surface area contributed by atoms with E-state index in [-0.39, 0.29) is 5.91 Å². The van der Waals surface area contributed by atoms with Crippen LogP contribution in [0.1, 0.15) is 38.3 Å². The largest absolute Gasteiger partial charge is 0.343 e. The van der Waals surface area contributed by atoms with Gasteiger partial charge in [-0.25, -0.2) is 0 Å². The van der Waals surface area contributed by atoms with Crippen molar-refractivity contribution in [3.05, 3.63) is 35.9 Å². The summed E-state index contributed by atoms with van der Waals surface area (Å²) in [6.45, 7) is 6.06. The van der Waals surface area contributed by atoms with Crippen LogP contribution in [0.2, 0.25) is 0 Å². The number of carbonyl (C=O) groups excluding carboxylic acids is 1. The Hall–Kier alpha value is -1.35. The van der Waals surface area contributed by atoms with Crippen LogP contribution < -0.4 is 0 Å². The summed E-state index contributed by atoms with van der Waals surface area (Å²) in [5.74, 6) is 0.176. The molecule has 1 saturated heterocycles. The lowest BCUT2D eigenvalue weighted by Gasteiger charge is -2.39. The fourth-order valence-corrected chi connectivity index (χ4v) is 2.86. The van der Waals surface area contributed by atoms with Gasteiger partial charge >= 0.3 is 0 Å². The van der Waals surface area contributed by atoms with Gasteiger partial charge in [-0.1, -0.05) is 30.3 Å². The summed E-state index contributed by atoms with van der Waals surface area (Å²) in [7, 11) is 1.92. The van der Waals surface area contributed by atoms with Crippen LogP contribution in [0.4, 0.5) is 0 Å². The first kappa shape index (κ1) is 14.1. The second kappa shape index (κ2) is 6.20. The smallest absolute Gasteiger partial charge is 0.219 e. The summed E-state index contributed by atoms with van der Waals surface area (Å²) in [4.78, 5) is 15.8. The Morgan fingerprint density at radius 3 is 2.37 bits per heavy atom. The minimum atomic E-state index is 0.176. The van der Waals surface area contributed by atoms with Gasteiger partial charge in [0, 0.05) is 39.1 Å². The fraction of sp³-hybridized carbons (Fsp3) is 0.562. The van der Waals surface area contributed by atoms with Crippen LogP contribution in [-0.2, 0) is 4.79 Å². The zero-order valence-corrected chi connectivity index (χ0v) is 12.2. The molecule has 0 bridgehead atoms. The topological polar surface area (TPSA) is 23.6 Å². The van der Waals surface area contributed by atoms with E-state index in [1.54, 1.807) is 6.92 Å². The van der Waals surface area contributed by atoms with Crippen LogP contribution in [-0.4, -0.2) is 41.9 Å². The summed E-state index contributed by atoms with van der Waals surface area (Å²) in [5.41, 5.74) is 1.38. The predicted molar refractivity (Wildman–Crippen MR) is 77.9 cm³/mol. The number of amides is 1. The Morgan fingerprint density at radius 2 is 1.84 bits per heavy atom. The minimum absolute atomic E-state index is 0.176. The third kappa shape index (κ3) is 3.35. The normalized spacial score (nSPS) is 19.1. The highest BCUT2D eigenvalue weighted by Crippen LogP contribution is 2.25. The first-order valence-electron chi connectivity index (χ1n) is 7.12. The number of likely N-dealkylation sites (tertiary alicyclic amines) is 1. The summed E-state index contributed by atoms with van der Waals surface area (Å²) >= 11 is 0.